The molecule has 0 saturated carbocycles. The molecule has 0 bridgehead atoms. The van der Waals surface area contributed by atoms with E-state index in [9.17, 15) is 15.2 Å². The minimum atomic E-state index is -0.644. The summed E-state index contributed by atoms with van der Waals surface area (Å²) in [5.74, 6) is -0.361. The average molecular weight is 244 g/mol. The van der Waals surface area contributed by atoms with Gasteiger partial charge in [0, 0.05) is 0 Å². The van der Waals surface area contributed by atoms with Crippen LogP contribution in [0.25, 0.3) is 11.0 Å². The van der Waals surface area contributed by atoms with Gasteiger partial charge < -0.3 is 0 Å². The summed E-state index contributed by atoms with van der Waals surface area (Å²) in [6.07, 6.45) is 0. The molecule has 1 aromatic heterocycles. The van der Waals surface area contributed by atoms with Crippen molar-refractivity contribution in [1.82, 2.24) is 7.96 Å². The van der Waals surface area contributed by atoms with E-state index in [0.717, 1.165) is 0 Å². The Morgan fingerprint density at radius 3 is 2.92 bits per heavy atom. The predicted molar refractivity (Wildman–Crippen MR) is 44.8 cm³/mol. The number of phenolic OH excluding ortho intramolecular Hbond substituents is 1. The summed E-state index contributed by atoms with van der Waals surface area (Å²) in [6, 6.07) is 2.79. The fraction of sp³-hybridized carbons (Fsp3) is 0. The summed E-state index contributed by atoms with van der Waals surface area (Å²) in [6.45, 7) is 0. The first-order chi connectivity index (χ1) is 6.20. The first-order valence-corrected chi connectivity index (χ1v) is 4.82. The van der Waals surface area contributed by atoms with E-state index in [1.54, 1.807) is 0 Å². The van der Waals surface area contributed by atoms with Gasteiger partial charge in [0.2, 0.25) is 0 Å². The van der Waals surface area contributed by atoms with Crippen molar-refractivity contribution in [2.45, 2.75) is 0 Å². The second-order valence-corrected chi connectivity index (χ2v) is 3.43. The van der Waals surface area contributed by atoms with Gasteiger partial charge in [-0.2, -0.15) is 0 Å². The van der Waals surface area contributed by atoms with Crippen LogP contribution in [0.5, 0.6) is 5.75 Å². The van der Waals surface area contributed by atoms with Crippen molar-refractivity contribution in [1.29, 1.82) is 0 Å². The summed E-state index contributed by atoms with van der Waals surface area (Å²) < 4.78 is 7.84. The fourth-order valence-corrected chi connectivity index (χ4v) is 2.14. The fourth-order valence-electron chi connectivity index (χ4n) is 1.01. The van der Waals surface area contributed by atoms with E-state index in [2.05, 4.69) is 7.96 Å². The number of aromatic nitrogens is 2. The van der Waals surface area contributed by atoms with Gasteiger partial charge in [-0.05, 0) is 0 Å². The molecular formula is C6H3N3O3Se. The maximum atomic E-state index is 10.5. The number of nitro benzene ring substituents is 1. The number of nitro groups is 1. The van der Waals surface area contributed by atoms with Crippen LogP contribution in [-0.4, -0.2) is 33.0 Å². The van der Waals surface area contributed by atoms with Gasteiger partial charge in [0.15, 0.2) is 0 Å². The number of hydrogen-bond acceptors (Lipinski definition) is 5. The molecule has 2 rings (SSSR count). The zero-order chi connectivity index (χ0) is 9.42. The molecule has 13 heavy (non-hydrogen) atoms. The van der Waals surface area contributed by atoms with Gasteiger partial charge in [-0.15, -0.1) is 0 Å². The van der Waals surface area contributed by atoms with Crippen LogP contribution in [0.1, 0.15) is 0 Å². The van der Waals surface area contributed by atoms with Crippen molar-refractivity contribution >= 4 is 31.7 Å². The average Bonchev–Trinajstić information content (AvgIpc) is 2.50. The molecule has 0 amide bonds. The van der Waals surface area contributed by atoms with Crippen LogP contribution < -0.4 is 0 Å². The van der Waals surface area contributed by atoms with E-state index in [0.29, 0.717) is 5.52 Å². The summed E-state index contributed by atoms with van der Waals surface area (Å²) in [5.41, 5.74) is 0.343. The molecule has 1 heterocycles. The third-order valence-electron chi connectivity index (χ3n) is 1.56. The summed E-state index contributed by atoms with van der Waals surface area (Å²) in [5, 5.41) is 19.7. The summed E-state index contributed by atoms with van der Waals surface area (Å²) in [7, 11) is 0. The molecule has 7 heteroatoms. The molecule has 6 nitrogen and oxygen atoms in total. The number of phenols is 1. The topological polar surface area (TPSA) is 89.2 Å². The number of benzene rings is 1. The Morgan fingerprint density at radius 2 is 2.23 bits per heavy atom. The Kier molecular flexibility index (Phi) is 1.75. The van der Waals surface area contributed by atoms with Crippen molar-refractivity contribution in [3.8, 4) is 5.75 Å². The van der Waals surface area contributed by atoms with Crippen molar-refractivity contribution in [2.75, 3.05) is 0 Å². The number of rotatable bonds is 1. The Hall–Kier alpha value is -1.46. The van der Waals surface area contributed by atoms with E-state index in [-0.39, 0.29) is 31.9 Å². The first-order valence-electron chi connectivity index (χ1n) is 3.29. The third kappa shape index (κ3) is 1.18. The van der Waals surface area contributed by atoms with Crippen molar-refractivity contribution < 1.29 is 10.0 Å². The number of nitrogens with zero attached hydrogens (tertiary/aromatic N) is 3. The van der Waals surface area contributed by atoms with Crippen LogP contribution in [-0.2, 0) is 0 Å². The zero-order valence-corrected chi connectivity index (χ0v) is 7.88. The molecule has 0 aliphatic heterocycles. The van der Waals surface area contributed by atoms with Crippen molar-refractivity contribution in [3.05, 3.63) is 22.2 Å². The van der Waals surface area contributed by atoms with E-state index >= 15 is 0 Å². The zero-order valence-electron chi connectivity index (χ0n) is 6.17. The normalized spacial score (nSPS) is 10.5. The Bertz CT molecular complexity index is 481. The third-order valence-corrected chi connectivity index (χ3v) is 2.70. The minimum absolute atomic E-state index is 0.199. The molecule has 0 saturated heterocycles. The van der Waals surface area contributed by atoms with Gasteiger partial charge >= 0.3 is 77.7 Å². The second kappa shape index (κ2) is 2.79. The van der Waals surface area contributed by atoms with E-state index < -0.39 is 4.92 Å². The molecule has 1 aromatic carbocycles. The molecule has 0 unspecified atom stereocenters. The summed E-state index contributed by atoms with van der Waals surface area (Å²) in [4.78, 5) is 9.89. The SMILES string of the molecule is O=[N+]([O-])c1c(O)ccc2n[se]nc12. The Morgan fingerprint density at radius 1 is 1.46 bits per heavy atom. The summed E-state index contributed by atoms with van der Waals surface area (Å²) >= 11 is -0.319. The quantitative estimate of drug-likeness (QED) is 0.442. The monoisotopic (exact) mass is 245 g/mol. The van der Waals surface area contributed by atoms with Crippen LogP contribution >= 0.6 is 0 Å². The Balaban J connectivity index is 2.88. The van der Waals surface area contributed by atoms with Gasteiger partial charge in [0.25, 0.3) is 0 Å². The molecule has 0 aliphatic rings. The molecular weight excluding hydrogens is 241 g/mol. The van der Waals surface area contributed by atoms with Gasteiger partial charge in [-0.25, -0.2) is 0 Å². The van der Waals surface area contributed by atoms with Gasteiger partial charge in [-0.1, -0.05) is 0 Å². The van der Waals surface area contributed by atoms with Crippen molar-refractivity contribution in [2.24, 2.45) is 0 Å². The van der Waals surface area contributed by atoms with Gasteiger partial charge in [0.05, 0.1) is 0 Å². The Labute approximate surface area is 78.2 Å². The molecule has 0 atom stereocenters. The number of hydrogen-bond donors (Lipinski definition) is 1. The van der Waals surface area contributed by atoms with Crippen LogP contribution in [0.2, 0.25) is 0 Å². The van der Waals surface area contributed by atoms with E-state index in [1.807, 2.05) is 0 Å². The number of fused-ring (bicyclic) bond motifs is 1. The van der Waals surface area contributed by atoms with Crippen molar-refractivity contribution in [3.63, 3.8) is 0 Å². The molecule has 66 valence electrons. The van der Waals surface area contributed by atoms with Gasteiger partial charge in [0.1, 0.15) is 0 Å². The van der Waals surface area contributed by atoms with Gasteiger partial charge in [-0.3, -0.25) is 0 Å². The van der Waals surface area contributed by atoms with E-state index in [1.165, 1.54) is 12.1 Å². The molecule has 0 fully saturated rings. The van der Waals surface area contributed by atoms with Crippen LogP contribution in [0.15, 0.2) is 12.1 Å². The number of aromatic hydroxyl groups is 1. The van der Waals surface area contributed by atoms with Crippen LogP contribution in [0, 0.1) is 10.1 Å². The first kappa shape index (κ1) is 8.15. The van der Waals surface area contributed by atoms with Crippen LogP contribution in [0.4, 0.5) is 5.69 Å². The molecule has 1 N–H and O–H groups in total. The molecule has 0 radical (unpaired) electrons. The predicted octanol–water partition coefficient (Wildman–Crippen LogP) is 0.301. The maximum absolute atomic E-state index is 10.5. The van der Waals surface area contributed by atoms with Crippen LogP contribution in [0.3, 0.4) is 0 Å². The van der Waals surface area contributed by atoms with E-state index in [4.69, 9.17) is 0 Å². The molecule has 0 spiro atoms. The molecule has 2 aromatic rings. The second-order valence-electron chi connectivity index (χ2n) is 2.32. The standard InChI is InChI=1S/C6H3N3O3Se/c10-4-2-1-3-5(8-13-7-3)6(4)9(11)12/h1-2,10H. The molecule has 0 aliphatic carbocycles.